The van der Waals surface area contributed by atoms with Gasteiger partial charge in [0, 0.05) is 0 Å². The third-order valence-electron chi connectivity index (χ3n) is 1.80. The summed E-state index contributed by atoms with van der Waals surface area (Å²) in [7, 11) is 0.729. The Labute approximate surface area is 90.7 Å². The molecule has 0 spiro atoms. The summed E-state index contributed by atoms with van der Waals surface area (Å²) in [6, 6.07) is 0. The molecule has 0 aromatic heterocycles. The van der Waals surface area contributed by atoms with Crippen molar-refractivity contribution in [3.63, 3.8) is 0 Å². The van der Waals surface area contributed by atoms with Gasteiger partial charge in [0.05, 0.1) is 17.0 Å². The van der Waals surface area contributed by atoms with Crippen molar-refractivity contribution in [1.29, 1.82) is 0 Å². The Morgan fingerprint density at radius 1 is 0.941 bits per heavy atom. The van der Waals surface area contributed by atoms with E-state index in [1.165, 1.54) is 0 Å². The normalized spacial score (nSPS) is 10.1. The van der Waals surface area contributed by atoms with E-state index in [4.69, 9.17) is 0 Å². The van der Waals surface area contributed by atoms with Crippen LogP contribution >= 0.6 is 0 Å². The van der Waals surface area contributed by atoms with Crippen LogP contribution in [0.3, 0.4) is 0 Å². The minimum atomic E-state index is -2.25. The van der Waals surface area contributed by atoms with Crippen molar-refractivity contribution < 1.29 is 27.8 Å². The maximum atomic E-state index is 13.1. The second-order valence-corrected chi connectivity index (χ2v) is 2.69. The lowest BCUT2D eigenvalue weighted by atomic mass is 10.2. The molecule has 0 unspecified atom stereocenters. The number of rotatable bonds is 3. The molecule has 0 aliphatic rings. The van der Waals surface area contributed by atoms with E-state index in [2.05, 4.69) is 4.74 Å². The Kier molecular flexibility index (Phi) is 3.16. The molecule has 0 N–H and O–H groups in total. The molecule has 0 saturated carbocycles. The number of nitro benzene ring substituents is 2. The number of methoxy groups -OCH3 is 1. The predicted octanol–water partition coefficient (Wildman–Crippen LogP) is 1.93. The first-order chi connectivity index (χ1) is 7.82. The molecule has 0 radical (unpaired) electrons. The molecule has 1 aromatic carbocycles. The van der Waals surface area contributed by atoms with Crippen molar-refractivity contribution in [2.75, 3.05) is 7.11 Å². The molecule has 0 bridgehead atoms. The molecule has 0 heterocycles. The summed E-state index contributed by atoms with van der Waals surface area (Å²) in [5, 5.41) is 20.9. The van der Waals surface area contributed by atoms with Crippen LogP contribution in [0.4, 0.5) is 24.5 Å². The van der Waals surface area contributed by atoms with E-state index in [1.807, 2.05) is 0 Å². The molecule has 92 valence electrons. The van der Waals surface area contributed by atoms with E-state index in [-0.39, 0.29) is 0 Å². The largest absolute Gasteiger partial charge is 0.488 e. The molecule has 0 aliphatic heterocycles. The van der Waals surface area contributed by atoms with Crippen molar-refractivity contribution in [1.82, 2.24) is 0 Å². The maximum Gasteiger partial charge on any atom is 0.393 e. The van der Waals surface area contributed by atoms with Crippen molar-refractivity contribution in [2.24, 2.45) is 0 Å². The zero-order chi connectivity index (χ0) is 13.3. The Bertz CT molecular complexity index is 519. The van der Waals surface area contributed by atoms with Crippen LogP contribution in [0.2, 0.25) is 0 Å². The standard InChI is InChI=1S/C7H3F3N2O5/c1-17-7-4(10)2(8)3(9)5(11(13)14)6(7)12(15)16/h1H3. The van der Waals surface area contributed by atoms with E-state index in [0.717, 1.165) is 7.11 Å². The summed E-state index contributed by atoms with van der Waals surface area (Å²) >= 11 is 0. The topological polar surface area (TPSA) is 95.5 Å². The minimum Gasteiger partial charge on any atom is -0.488 e. The van der Waals surface area contributed by atoms with Gasteiger partial charge in [-0.15, -0.1) is 0 Å². The summed E-state index contributed by atoms with van der Waals surface area (Å²) in [5.41, 5.74) is -3.36. The van der Waals surface area contributed by atoms with Gasteiger partial charge in [0.25, 0.3) is 0 Å². The Hall–Kier alpha value is -2.39. The lowest BCUT2D eigenvalue weighted by molar-refractivity contribution is -0.425. The summed E-state index contributed by atoms with van der Waals surface area (Å²) in [6.07, 6.45) is 0. The van der Waals surface area contributed by atoms with Crippen LogP contribution < -0.4 is 4.74 Å². The highest BCUT2D eigenvalue weighted by atomic mass is 19.2. The van der Waals surface area contributed by atoms with Crippen LogP contribution in [0.15, 0.2) is 0 Å². The summed E-state index contributed by atoms with van der Waals surface area (Å²) < 4.78 is 43.1. The van der Waals surface area contributed by atoms with Gasteiger partial charge in [-0.3, -0.25) is 20.2 Å². The van der Waals surface area contributed by atoms with Gasteiger partial charge in [0.1, 0.15) is 0 Å². The summed E-state index contributed by atoms with van der Waals surface area (Å²) in [4.78, 5) is 17.9. The van der Waals surface area contributed by atoms with Gasteiger partial charge in [0.15, 0.2) is 0 Å². The van der Waals surface area contributed by atoms with Gasteiger partial charge >= 0.3 is 11.4 Å². The highest BCUT2D eigenvalue weighted by molar-refractivity contribution is 5.63. The van der Waals surface area contributed by atoms with Gasteiger partial charge in [-0.05, 0) is 0 Å². The van der Waals surface area contributed by atoms with Crippen LogP contribution in [0.5, 0.6) is 5.75 Å². The molecule has 17 heavy (non-hydrogen) atoms. The van der Waals surface area contributed by atoms with Gasteiger partial charge in [0.2, 0.25) is 23.2 Å². The highest BCUT2D eigenvalue weighted by Crippen LogP contribution is 2.41. The first-order valence-corrected chi connectivity index (χ1v) is 3.86. The average Bonchev–Trinajstić information content (AvgIpc) is 2.24. The Morgan fingerprint density at radius 3 is 1.76 bits per heavy atom. The van der Waals surface area contributed by atoms with Crippen molar-refractivity contribution in [2.45, 2.75) is 0 Å². The minimum absolute atomic E-state index is 0.729. The fraction of sp³-hybridized carbons (Fsp3) is 0.143. The van der Waals surface area contributed by atoms with Gasteiger partial charge in [-0.1, -0.05) is 0 Å². The van der Waals surface area contributed by atoms with E-state index in [9.17, 15) is 33.4 Å². The van der Waals surface area contributed by atoms with E-state index in [0.29, 0.717) is 0 Å². The maximum absolute atomic E-state index is 13.1. The molecule has 0 aliphatic carbocycles. The lowest BCUT2D eigenvalue weighted by Crippen LogP contribution is -2.07. The fourth-order valence-electron chi connectivity index (χ4n) is 1.14. The molecule has 7 nitrogen and oxygen atoms in total. The first-order valence-electron chi connectivity index (χ1n) is 3.86. The van der Waals surface area contributed by atoms with Gasteiger partial charge < -0.3 is 4.74 Å². The molecular formula is C7H3F3N2O5. The second kappa shape index (κ2) is 4.23. The first kappa shape index (κ1) is 12.7. The quantitative estimate of drug-likeness (QED) is 0.465. The van der Waals surface area contributed by atoms with Crippen LogP contribution in [0.1, 0.15) is 0 Å². The Morgan fingerprint density at radius 2 is 1.41 bits per heavy atom. The number of ether oxygens (including phenoxy) is 1. The smallest absolute Gasteiger partial charge is 0.393 e. The molecule has 1 aromatic rings. The number of hydrogen-bond acceptors (Lipinski definition) is 5. The molecule has 0 fully saturated rings. The number of hydrogen-bond donors (Lipinski definition) is 0. The SMILES string of the molecule is COc1c(F)c(F)c(F)c([N+](=O)[O-])c1[N+](=O)[O-]. The van der Waals surface area contributed by atoms with E-state index >= 15 is 0 Å². The summed E-state index contributed by atoms with van der Waals surface area (Å²) in [6.45, 7) is 0. The average molecular weight is 252 g/mol. The zero-order valence-corrected chi connectivity index (χ0v) is 8.07. The van der Waals surface area contributed by atoms with Crippen molar-refractivity contribution in [3.8, 4) is 5.75 Å². The molecular weight excluding hydrogens is 249 g/mol. The number of nitro groups is 2. The van der Waals surface area contributed by atoms with Crippen LogP contribution in [0.25, 0.3) is 0 Å². The Balaban J connectivity index is 3.86. The van der Waals surface area contributed by atoms with Crippen LogP contribution in [-0.4, -0.2) is 17.0 Å². The molecule has 0 atom stereocenters. The predicted molar refractivity (Wildman–Crippen MR) is 46.2 cm³/mol. The van der Waals surface area contributed by atoms with E-state index in [1.54, 1.807) is 0 Å². The highest BCUT2D eigenvalue weighted by Gasteiger charge is 2.40. The van der Waals surface area contributed by atoms with Crippen LogP contribution in [0, 0.1) is 37.7 Å². The van der Waals surface area contributed by atoms with Gasteiger partial charge in [-0.25, -0.2) is 4.39 Å². The third kappa shape index (κ3) is 1.84. The van der Waals surface area contributed by atoms with Crippen molar-refractivity contribution >= 4 is 11.4 Å². The molecule has 10 heteroatoms. The molecule has 0 amide bonds. The second-order valence-electron chi connectivity index (χ2n) is 2.69. The van der Waals surface area contributed by atoms with Crippen LogP contribution in [-0.2, 0) is 0 Å². The monoisotopic (exact) mass is 252 g/mol. The third-order valence-corrected chi connectivity index (χ3v) is 1.80. The lowest BCUT2D eigenvalue weighted by Gasteiger charge is -2.05. The van der Waals surface area contributed by atoms with E-state index < -0.39 is 44.4 Å². The van der Waals surface area contributed by atoms with Gasteiger partial charge in [-0.2, -0.15) is 8.78 Å². The zero-order valence-electron chi connectivity index (χ0n) is 8.07. The number of halogens is 3. The molecule has 1 rings (SSSR count). The molecule has 0 saturated heterocycles. The summed E-state index contributed by atoms with van der Waals surface area (Å²) in [5.74, 6) is -7.79. The fourth-order valence-corrected chi connectivity index (χ4v) is 1.14. The van der Waals surface area contributed by atoms with Crippen molar-refractivity contribution in [3.05, 3.63) is 37.7 Å². The number of benzene rings is 1. The number of nitrogens with zero attached hydrogens (tertiary/aromatic N) is 2.